The van der Waals surface area contributed by atoms with Crippen LogP contribution in [-0.4, -0.2) is 23.1 Å². The highest BCUT2D eigenvalue weighted by atomic mass is 35.5. The predicted molar refractivity (Wildman–Crippen MR) is 86.6 cm³/mol. The van der Waals surface area contributed by atoms with E-state index < -0.39 is 0 Å². The van der Waals surface area contributed by atoms with Crippen LogP contribution in [0.3, 0.4) is 0 Å². The summed E-state index contributed by atoms with van der Waals surface area (Å²) in [6, 6.07) is 5.93. The summed E-state index contributed by atoms with van der Waals surface area (Å²) < 4.78 is 6.17. The summed E-state index contributed by atoms with van der Waals surface area (Å²) in [4.78, 5) is 0. The molecule has 0 aliphatic rings. The maximum absolute atomic E-state index is 5.73. The first-order chi connectivity index (χ1) is 9.58. The van der Waals surface area contributed by atoms with E-state index >= 15 is 0 Å². The Balaban J connectivity index is 2.10. The Kier molecular flexibility index (Phi) is 5.28. The minimum atomic E-state index is 0.597. The molecule has 1 aromatic heterocycles. The fraction of sp³-hybridized carbons (Fsp3) is 0.231. The highest BCUT2D eigenvalue weighted by Gasteiger charge is 2.08. The van der Waals surface area contributed by atoms with Crippen molar-refractivity contribution in [3.63, 3.8) is 0 Å². The summed E-state index contributed by atoms with van der Waals surface area (Å²) in [6.45, 7) is 5.67. The first kappa shape index (κ1) is 15.2. The maximum atomic E-state index is 5.73. The van der Waals surface area contributed by atoms with Gasteiger partial charge in [0.05, 0.1) is 12.8 Å². The summed E-state index contributed by atoms with van der Waals surface area (Å²) in [5.74, 6) is 1.40. The molecule has 2 aromatic rings. The second kappa shape index (κ2) is 6.97. The molecule has 1 heterocycles. The lowest BCUT2D eigenvalue weighted by molar-refractivity contribution is 0.416. The van der Waals surface area contributed by atoms with E-state index in [2.05, 4.69) is 22.1 Å². The van der Waals surface area contributed by atoms with Gasteiger partial charge >= 0.3 is 0 Å². The lowest BCUT2D eigenvalue weighted by Crippen LogP contribution is -1.94. The molecule has 0 aliphatic carbocycles. The molecule has 0 aliphatic heterocycles. The second-order valence-electron chi connectivity index (χ2n) is 4.01. The molecule has 0 radical (unpaired) electrons. The molecule has 20 heavy (non-hydrogen) atoms. The first-order valence-electron chi connectivity index (χ1n) is 5.79. The molecule has 2 rings (SSSR count). The number of benzene rings is 1. The van der Waals surface area contributed by atoms with Crippen molar-refractivity contribution in [2.45, 2.75) is 11.3 Å². The van der Waals surface area contributed by atoms with Crippen LogP contribution in [0, 0.1) is 6.92 Å². The molecular weight excluding hydrogens is 314 g/mol. The molecule has 0 amide bonds. The smallest absolute Gasteiger partial charge is 0.210 e. The van der Waals surface area contributed by atoms with Crippen molar-refractivity contribution in [1.29, 1.82) is 0 Å². The van der Waals surface area contributed by atoms with Crippen molar-refractivity contribution in [2.24, 2.45) is 0 Å². The van der Waals surface area contributed by atoms with Crippen LogP contribution in [0.25, 0.3) is 0 Å². The van der Waals surface area contributed by atoms with E-state index in [1.165, 1.54) is 23.1 Å². The highest BCUT2D eigenvalue weighted by molar-refractivity contribution is 8.01. The van der Waals surface area contributed by atoms with Gasteiger partial charge in [-0.15, -0.1) is 10.2 Å². The number of anilines is 2. The average Bonchev–Trinajstić information content (AvgIpc) is 2.84. The van der Waals surface area contributed by atoms with Crippen molar-refractivity contribution in [1.82, 2.24) is 10.2 Å². The number of halogens is 1. The fourth-order valence-electron chi connectivity index (χ4n) is 1.49. The monoisotopic (exact) mass is 327 g/mol. The Hall–Kier alpha value is -1.24. The summed E-state index contributed by atoms with van der Waals surface area (Å²) in [7, 11) is 1.64. The molecule has 0 bridgehead atoms. The van der Waals surface area contributed by atoms with Crippen molar-refractivity contribution in [3.8, 4) is 5.75 Å². The molecule has 0 saturated carbocycles. The molecular formula is C13H14ClN3OS2. The Morgan fingerprint density at radius 1 is 1.50 bits per heavy atom. The molecule has 0 atom stereocenters. The van der Waals surface area contributed by atoms with Gasteiger partial charge in [0.1, 0.15) is 5.75 Å². The molecule has 0 spiro atoms. The largest absolute Gasteiger partial charge is 0.495 e. The van der Waals surface area contributed by atoms with Crippen LogP contribution >= 0.6 is 34.7 Å². The zero-order valence-electron chi connectivity index (χ0n) is 11.1. The van der Waals surface area contributed by atoms with Gasteiger partial charge in [0, 0.05) is 10.8 Å². The topological polar surface area (TPSA) is 47.0 Å². The van der Waals surface area contributed by atoms with E-state index in [0.29, 0.717) is 10.8 Å². The number of nitrogens with one attached hydrogen (secondary N) is 1. The van der Waals surface area contributed by atoms with E-state index in [9.17, 15) is 0 Å². The Bertz CT molecular complexity index is 615. The quantitative estimate of drug-likeness (QED) is 0.794. The number of rotatable bonds is 6. The van der Waals surface area contributed by atoms with Crippen LogP contribution in [0.4, 0.5) is 10.8 Å². The molecule has 106 valence electrons. The minimum Gasteiger partial charge on any atom is -0.495 e. The normalized spacial score (nSPS) is 10.3. The third-order valence-electron chi connectivity index (χ3n) is 2.36. The third kappa shape index (κ3) is 4.13. The van der Waals surface area contributed by atoms with Crippen LogP contribution < -0.4 is 10.1 Å². The Morgan fingerprint density at radius 2 is 2.30 bits per heavy atom. The number of hydrogen-bond acceptors (Lipinski definition) is 6. The number of methoxy groups -OCH3 is 1. The number of thioether (sulfide) groups is 1. The maximum Gasteiger partial charge on any atom is 0.210 e. The van der Waals surface area contributed by atoms with Gasteiger partial charge in [-0.25, -0.2) is 0 Å². The van der Waals surface area contributed by atoms with Crippen LogP contribution in [-0.2, 0) is 0 Å². The number of nitrogens with zero attached hydrogens (tertiary/aromatic N) is 2. The van der Waals surface area contributed by atoms with Crippen LogP contribution in [0.2, 0.25) is 0 Å². The van der Waals surface area contributed by atoms with Crippen molar-refractivity contribution in [2.75, 3.05) is 18.2 Å². The van der Waals surface area contributed by atoms with E-state index in [1.807, 2.05) is 25.1 Å². The molecule has 4 nitrogen and oxygen atoms in total. The summed E-state index contributed by atoms with van der Waals surface area (Å²) in [5, 5.41) is 12.7. The molecule has 1 aromatic carbocycles. The van der Waals surface area contributed by atoms with Gasteiger partial charge < -0.3 is 10.1 Å². The van der Waals surface area contributed by atoms with Crippen molar-refractivity contribution >= 4 is 45.5 Å². The Morgan fingerprint density at radius 3 is 3.00 bits per heavy atom. The summed E-state index contributed by atoms with van der Waals surface area (Å²) >= 11 is 8.71. The standard InChI is InChI=1S/C13H14ClN3OS2/c1-8-4-5-11(18-3)10(6-8)15-12-16-17-13(20-12)19-7-9(2)14/h4-6H,2,7H2,1,3H3,(H,15,16). The molecule has 1 N–H and O–H groups in total. The number of ether oxygens (including phenoxy) is 1. The van der Waals surface area contributed by atoms with E-state index in [-0.39, 0.29) is 0 Å². The van der Waals surface area contributed by atoms with E-state index in [0.717, 1.165) is 26.5 Å². The fourth-order valence-corrected chi connectivity index (χ4v) is 3.17. The Labute approximate surface area is 131 Å². The zero-order chi connectivity index (χ0) is 14.5. The van der Waals surface area contributed by atoms with Crippen molar-refractivity contribution < 1.29 is 4.74 Å². The number of aromatic nitrogens is 2. The van der Waals surface area contributed by atoms with E-state index in [4.69, 9.17) is 16.3 Å². The lowest BCUT2D eigenvalue weighted by Gasteiger charge is -2.09. The number of aryl methyl sites for hydroxylation is 1. The van der Waals surface area contributed by atoms with Gasteiger partial charge in [-0.1, -0.05) is 47.3 Å². The van der Waals surface area contributed by atoms with Crippen molar-refractivity contribution in [3.05, 3.63) is 35.4 Å². The SMILES string of the molecule is C=C(Cl)CSc1nnc(Nc2cc(C)ccc2OC)s1. The molecule has 0 unspecified atom stereocenters. The summed E-state index contributed by atoms with van der Waals surface area (Å²) in [6.07, 6.45) is 0. The molecule has 0 saturated heterocycles. The molecule has 7 heteroatoms. The predicted octanol–water partition coefficient (Wildman–Crippen LogP) is 4.44. The van der Waals surface area contributed by atoms with Crippen LogP contribution in [0.1, 0.15) is 5.56 Å². The highest BCUT2D eigenvalue weighted by Crippen LogP contribution is 2.32. The second-order valence-corrected chi connectivity index (χ2v) is 6.74. The van der Waals surface area contributed by atoms with Crippen LogP contribution in [0.5, 0.6) is 5.75 Å². The first-order valence-corrected chi connectivity index (χ1v) is 7.97. The third-order valence-corrected chi connectivity index (χ3v) is 4.71. The minimum absolute atomic E-state index is 0.597. The van der Waals surface area contributed by atoms with Gasteiger partial charge in [-0.2, -0.15) is 0 Å². The van der Waals surface area contributed by atoms with Gasteiger partial charge in [0.15, 0.2) is 4.34 Å². The van der Waals surface area contributed by atoms with Gasteiger partial charge in [0.2, 0.25) is 5.13 Å². The zero-order valence-corrected chi connectivity index (χ0v) is 13.5. The van der Waals surface area contributed by atoms with Gasteiger partial charge in [0.25, 0.3) is 0 Å². The van der Waals surface area contributed by atoms with E-state index in [1.54, 1.807) is 7.11 Å². The molecule has 0 fully saturated rings. The van der Waals surface area contributed by atoms with Gasteiger partial charge in [-0.3, -0.25) is 0 Å². The van der Waals surface area contributed by atoms with Gasteiger partial charge in [-0.05, 0) is 24.6 Å². The lowest BCUT2D eigenvalue weighted by atomic mass is 10.2. The average molecular weight is 328 g/mol. The number of hydrogen-bond donors (Lipinski definition) is 1. The summed E-state index contributed by atoms with van der Waals surface area (Å²) in [5.41, 5.74) is 2.02. The van der Waals surface area contributed by atoms with Crippen LogP contribution in [0.15, 0.2) is 34.1 Å².